The zero-order valence-electron chi connectivity index (χ0n) is 16.8. The first-order valence-corrected chi connectivity index (χ1v) is 10.6. The predicted molar refractivity (Wildman–Crippen MR) is 117 cm³/mol. The topological polar surface area (TPSA) is 66.5 Å². The molecule has 6 heteroatoms. The fourth-order valence-electron chi connectivity index (χ4n) is 3.95. The monoisotopic (exact) mass is 418 g/mol. The minimum atomic E-state index is -1.24. The van der Waals surface area contributed by atoms with Gasteiger partial charge in [-0.3, -0.25) is 14.5 Å². The van der Waals surface area contributed by atoms with Gasteiger partial charge < -0.3 is 5.32 Å². The molecule has 4 rings (SSSR count). The number of thiophene rings is 1. The summed E-state index contributed by atoms with van der Waals surface area (Å²) in [5.41, 5.74) is 0.954. The summed E-state index contributed by atoms with van der Waals surface area (Å²) in [6, 6.07) is 20.0. The third kappa shape index (κ3) is 3.55. The maximum atomic E-state index is 13.6. The Hall–Kier alpha value is -3.25. The lowest BCUT2D eigenvalue weighted by molar-refractivity contribution is -0.131. The third-order valence-electron chi connectivity index (χ3n) is 5.40. The molecule has 0 radical (unpaired) electrons. The minimum absolute atomic E-state index is 0.232. The number of carbonyl (C=O) groups is 3. The Morgan fingerprint density at radius 2 is 1.63 bits per heavy atom. The van der Waals surface area contributed by atoms with Crippen molar-refractivity contribution in [1.29, 1.82) is 0 Å². The van der Waals surface area contributed by atoms with E-state index in [1.54, 1.807) is 0 Å². The SMILES string of the molecule is Cc1cc(C(=O)CN2C(=O)NC(Cc3ccccc3)(c3ccccc3)C2=O)c(C)s1. The molecule has 2 heterocycles. The zero-order chi connectivity index (χ0) is 21.3. The summed E-state index contributed by atoms with van der Waals surface area (Å²) in [5.74, 6) is -0.635. The highest BCUT2D eigenvalue weighted by atomic mass is 32.1. The highest BCUT2D eigenvalue weighted by Crippen LogP contribution is 2.33. The number of Topliss-reactive ketones (excluding diaryl/α,β-unsaturated/α-hetero) is 1. The van der Waals surface area contributed by atoms with Crippen LogP contribution in [-0.4, -0.2) is 29.2 Å². The number of hydrogen-bond donors (Lipinski definition) is 1. The molecule has 1 aromatic heterocycles. The number of ketones is 1. The summed E-state index contributed by atoms with van der Waals surface area (Å²) in [6.07, 6.45) is 0.309. The average molecular weight is 419 g/mol. The van der Waals surface area contributed by atoms with Crippen molar-refractivity contribution in [3.63, 3.8) is 0 Å². The fourth-order valence-corrected chi connectivity index (χ4v) is 4.89. The first-order chi connectivity index (χ1) is 14.4. The summed E-state index contributed by atoms with van der Waals surface area (Å²) in [5, 5.41) is 2.90. The van der Waals surface area contributed by atoms with Crippen molar-refractivity contribution in [3.05, 3.63) is 93.2 Å². The van der Waals surface area contributed by atoms with Crippen molar-refractivity contribution < 1.29 is 14.4 Å². The van der Waals surface area contributed by atoms with E-state index < -0.39 is 17.5 Å². The molecule has 2 aromatic carbocycles. The fraction of sp³-hybridized carbons (Fsp3) is 0.208. The van der Waals surface area contributed by atoms with Gasteiger partial charge in [0.15, 0.2) is 11.3 Å². The maximum absolute atomic E-state index is 13.6. The van der Waals surface area contributed by atoms with E-state index in [-0.39, 0.29) is 12.3 Å². The molecular weight excluding hydrogens is 396 g/mol. The van der Waals surface area contributed by atoms with Crippen LogP contribution >= 0.6 is 11.3 Å². The maximum Gasteiger partial charge on any atom is 0.325 e. The molecule has 0 aliphatic carbocycles. The normalized spacial score (nSPS) is 18.5. The lowest BCUT2D eigenvalue weighted by Gasteiger charge is -2.27. The van der Waals surface area contributed by atoms with Crippen molar-refractivity contribution >= 4 is 29.1 Å². The molecule has 0 bridgehead atoms. The number of rotatable bonds is 6. The Bertz CT molecular complexity index is 1110. The van der Waals surface area contributed by atoms with Gasteiger partial charge in [-0.05, 0) is 31.0 Å². The Labute approximate surface area is 179 Å². The first kappa shape index (κ1) is 20.0. The van der Waals surface area contributed by atoms with Gasteiger partial charge in [-0.1, -0.05) is 60.7 Å². The number of amides is 3. The highest BCUT2D eigenvalue weighted by Gasteiger charge is 2.52. The van der Waals surface area contributed by atoms with Crippen LogP contribution in [0.25, 0.3) is 0 Å². The molecular formula is C24H22N2O3S. The molecule has 1 atom stereocenters. The molecule has 1 aliphatic heterocycles. The summed E-state index contributed by atoms with van der Waals surface area (Å²) in [4.78, 5) is 42.3. The summed E-state index contributed by atoms with van der Waals surface area (Å²) < 4.78 is 0. The van der Waals surface area contributed by atoms with Gasteiger partial charge in [-0.2, -0.15) is 0 Å². The number of imide groups is 1. The predicted octanol–water partition coefficient (Wildman–Crippen LogP) is 4.24. The van der Waals surface area contributed by atoms with Crippen LogP contribution in [0.5, 0.6) is 0 Å². The lowest BCUT2D eigenvalue weighted by Crippen LogP contribution is -2.46. The van der Waals surface area contributed by atoms with E-state index in [4.69, 9.17) is 0 Å². The van der Waals surface area contributed by atoms with Crippen LogP contribution < -0.4 is 5.32 Å². The smallest absolute Gasteiger partial charge is 0.319 e. The Morgan fingerprint density at radius 1 is 1.00 bits per heavy atom. The summed E-state index contributed by atoms with van der Waals surface area (Å²) >= 11 is 1.53. The van der Waals surface area contributed by atoms with Gasteiger partial charge in [0.05, 0.1) is 6.54 Å². The van der Waals surface area contributed by atoms with Crippen LogP contribution in [0.3, 0.4) is 0 Å². The van der Waals surface area contributed by atoms with Crippen molar-refractivity contribution in [3.8, 4) is 0 Å². The van der Waals surface area contributed by atoms with E-state index in [1.807, 2.05) is 80.6 Å². The molecule has 5 nitrogen and oxygen atoms in total. The van der Waals surface area contributed by atoms with E-state index in [0.29, 0.717) is 17.5 Å². The second kappa shape index (κ2) is 7.88. The number of urea groups is 1. The van der Waals surface area contributed by atoms with Gasteiger partial charge in [-0.15, -0.1) is 11.3 Å². The molecule has 0 spiro atoms. The number of nitrogens with zero attached hydrogens (tertiary/aromatic N) is 1. The van der Waals surface area contributed by atoms with Gasteiger partial charge in [0.1, 0.15) is 0 Å². The highest BCUT2D eigenvalue weighted by molar-refractivity contribution is 7.12. The molecule has 1 unspecified atom stereocenters. The molecule has 1 N–H and O–H groups in total. The van der Waals surface area contributed by atoms with Crippen molar-refractivity contribution in [2.45, 2.75) is 25.8 Å². The lowest BCUT2D eigenvalue weighted by atomic mass is 9.83. The van der Waals surface area contributed by atoms with Crippen LogP contribution in [0.1, 0.15) is 31.2 Å². The van der Waals surface area contributed by atoms with Gasteiger partial charge in [0.25, 0.3) is 5.91 Å². The number of aryl methyl sites for hydroxylation is 2. The molecule has 3 aromatic rings. The van der Waals surface area contributed by atoms with Gasteiger partial charge in [-0.25, -0.2) is 4.79 Å². The molecule has 1 aliphatic rings. The number of hydrogen-bond acceptors (Lipinski definition) is 4. The number of benzene rings is 2. The molecule has 152 valence electrons. The molecule has 0 saturated carbocycles. The Morgan fingerprint density at radius 3 is 2.23 bits per heavy atom. The molecule has 3 amide bonds. The van der Waals surface area contributed by atoms with Gasteiger partial charge in [0.2, 0.25) is 0 Å². The summed E-state index contributed by atoms with van der Waals surface area (Å²) in [7, 11) is 0. The van der Waals surface area contributed by atoms with E-state index in [9.17, 15) is 14.4 Å². The Kier molecular flexibility index (Phi) is 5.26. The van der Waals surface area contributed by atoms with Crippen molar-refractivity contribution in [2.24, 2.45) is 0 Å². The second-order valence-electron chi connectivity index (χ2n) is 7.51. The molecule has 1 fully saturated rings. The van der Waals surface area contributed by atoms with E-state index in [2.05, 4.69) is 5.32 Å². The van der Waals surface area contributed by atoms with Crippen LogP contribution in [-0.2, 0) is 16.8 Å². The standard InChI is InChI=1S/C24H22N2O3S/c1-16-13-20(17(2)30-16)21(27)15-26-22(28)24(25-23(26)29,19-11-7-4-8-12-19)14-18-9-5-3-6-10-18/h3-13H,14-15H2,1-2H3,(H,25,29). The van der Waals surface area contributed by atoms with Crippen LogP contribution in [0.4, 0.5) is 4.79 Å². The Balaban J connectivity index is 1.68. The minimum Gasteiger partial charge on any atom is -0.319 e. The quantitative estimate of drug-likeness (QED) is 0.481. The summed E-state index contributed by atoms with van der Waals surface area (Å²) in [6.45, 7) is 3.54. The molecule has 30 heavy (non-hydrogen) atoms. The van der Waals surface area contributed by atoms with Gasteiger partial charge >= 0.3 is 6.03 Å². The van der Waals surface area contributed by atoms with Crippen LogP contribution in [0, 0.1) is 13.8 Å². The number of carbonyl (C=O) groups excluding carboxylic acids is 3. The largest absolute Gasteiger partial charge is 0.325 e. The zero-order valence-corrected chi connectivity index (χ0v) is 17.7. The van der Waals surface area contributed by atoms with Crippen LogP contribution in [0.15, 0.2) is 66.7 Å². The van der Waals surface area contributed by atoms with Crippen molar-refractivity contribution in [2.75, 3.05) is 6.54 Å². The van der Waals surface area contributed by atoms with E-state index in [1.165, 1.54) is 11.3 Å². The van der Waals surface area contributed by atoms with E-state index >= 15 is 0 Å². The van der Waals surface area contributed by atoms with Crippen LogP contribution in [0.2, 0.25) is 0 Å². The average Bonchev–Trinajstić information content (AvgIpc) is 3.20. The molecule has 1 saturated heterocycles. The van der Waals surface area contributed by atoms with Crippen molar-refractivity contribution in [1.82, 2.24) is 10.2 Å². The number of nitrogens with one attached hydrogen (secondary N) is 1. The van der Waals surface area contributed by atoms with E-state index in [0.717, 1.165) is 20.2 Å². The van der Waals surface area contributed by atoms with Gasteiger partial charge in [0, 0.05) is 21.7 Å². The third-order valence-corrected chi connectivity index (χ3v) is 6.36. The second-order valence-corrected chi connectivity index (χ2v) is 8.97. The first-order valence-electron chi connectivity index (χ1n) is 9.74.